The third kappa shape index (κ3) is 5.90. The summed E-state index contributed by atoms with van der Waals surface area (Å²) in [4.78, 5) is 51.2. The van der Waals surface area contributed by atoms with Crippen molar-refractivity contribution in [1.29, 1.82) is 5.26 Å². The number of aliphatic carboxylic acids is 2. The number of halogens is 1. The van der Waals surface area contributed by atoms with Crippen LogP contribution >= 0.6 is 0 Å². The average molecular weight is 575 g/mol. The molecule has 6 rings (SSSR count). The van der Waals surface area contributed by atoms with E-state index < -0.39 is 17.8 Å². The minimum atomic E-state index is -1.26. The molecule has 1 saturated heterocycles. The maximum Gasteiger partial charge on any atom is 0.328 e. The summed E-state index contributed by atoms with van der Waals surface area (Å²) >= 11 is 0. The van der Waals surface area contributed by atoms with Crippen LogP contribution in [0.3, 0.4) is 0 Å². The van der Waals surface area contributed by atoms with Crippen LogP contribution in [0.5, 0.6) is 0 Å². The monoisotopic (exact) mass is 574 g/mol. The number of nitriles is 1. The van der Waals surface area contributed by atoms with E-state index in [-0.39, 0.29) is 23.4 Å². The van der Waals surface area contributed by atoms with Crippen molar-refractivity contribution in [1.82, 2.24) is 9.80 Å². The highest BCUT2D eigenvalue weighted by Gasteiger charge is 2.49. The molecule has 11 heteroatoms. The van der Waals surface area contributed by atoms with Crippen LogP contribution in [-0.4, -0.2) is 82.0 Å². The molecule has 218 valence electrons. The van der Waals surface area contributed by atoms with Crippen molar-refractivity contribution in [3.63, 3.8) is 0 Å². The number of anilines is 1. The fourth-order valence-electron chi connectivity index (χ4n) is 6.88. The number of carbonyl (C=O) groups is 4. The van der Waals surface area contributed by atoms with E-state index in [9.17, 15) is 23.6 Å². The summed E-state index contributed by atoms with van der Waals surface area (Å²) < 4.78 is 14.0. The van der Waals surface area contributed by atoms with Gasteiger partial charge in [-0.25, -0.2) is 14.0 Å². The number of hydrogen-bond acceptors (Lipinski definition) is 7. The number of carbonyl (C=O) groups excluding carboxylic acids is 2. The molecular weight excluding hydrogens is 543 g/mol. The lowest BCUT2D eigenvalue weighted by Crippen LogP contribution is -2.50. The molecule has 2 unspecified atom stereocenters. The third-order valence-corrected chi connectivity index (χ3v) is 8.79. The van der Waals surface area contributed by atoms with E-state index in [1.54, 1.807) is 18.2 Å². The largest absolute Gasteiger partial charge is 0.478 e. The van der Waals surface area contributed by atoms with Gasteiger partial charge in [-0.05, 0) is 67.9 Å². The number of nitrogens with zero attached hydrogens (tertiary/aromatic N) is 4. The first kappa shape index (κ1) is 29.0. The second-order valence-corrected chi connectivity index (χ2v) is 11.1. The number of rotatable bonds is 5. The molecule has 2 heterocycles. The number of imide groups is 1. The zero-order valence-corrected chi connectivity index (χ0v) is 22.9. The molecule has 0 radical (unpaired) electrons. The summed E-state index contributed by atoms with van der Waals surface area (Å²) in [5, 5.41) is 24.6. The third-order valence-electron chi connectivity index (χ3n) is 8.79. The summed E-state index contributed by atoms with van der Waals surface area (Å²) in [6, 6.07) is 14.4. The fraction of sp³-hybridized carbons (Fsp3) is 0.387. The quantitative estimate of drug-likeness (QED) is 0.406. The Labute approximate surface area is 242 Å². The number of benzene rings is 2. The predicted octanol–water partition coefficient (Wildman–Crippen LogP) is 3.38. The predicted molar refractivity (Wildman–Crippen MR) is 149 cm³/mol. The molecular formula is C31H31FN4O6. The van der Waals surface area contributed by atoms with Gasteiger partial charge < -0.3 is 15.1 Å². The van der Waals surface area contributed by atoms with Crippen LogP contribution in [0.2, 0.25) is 0 Å². The molecule has 2 aliphatic heterocycles. The minimum absolute atomic E-state index is 0.0199. The van der Waals surface area contributed by atoms with E-state index in [1.807, 2.05) is 24.3 Å². The molecule has 4 aliphatic rings. The first-order valence-corrected chi connectivity index (χ1v) is 14.0. The molecule has 2 aromatic rings. The molecule has 2 N–H and O–H groups in total. The normalized spacial score (nSPS) is 25.1. The summed E-state index contributed by atoms with van der Waals surface area (Å²) in [5.41, 5.74) is 2.01. The van der Waals surface area contributed by atoms with Gasteiger partial charge in [0.1, 0.15) is 11.9 Å². The number of piperazine rings is 1. The number of hydrogen-bond donors (Lipinski definition) is 2. The maximum absolute atomic E-state index is 14.0. The van der Waals surface area contributed by atoms with Crippen molar-refractivity contribution < 1.29 is 33.8 Å². The topological polar surface area (TPSA) is 142 Å². The first-order chi connectivity index (χ1) is 20.2. The van der Waals surface area contributed by atoms with E-state index in [4.69, 9.17) is 15.5 Å². The summed E-state index contributed by atoms with van der Waals surface area (Å²) in [7, 11) is 0. The van der Waals surface area contributed by atoms with Gasteiger partial charge in [-0.15, -0.1) is 0 Å². The van der Waals surface area contributed by atoms with Gasteiger partial charge in [-0.1, -0.05) is 12.1 Å². The minimum Gasteiger partial charge on any atom is -0.478 e. The number of carboxylic acids is 2. The van der Waals surface area contributed by atoms with E-state index in [0.29, 0.717) is 41.2 Å². The molecule has 2 saturated carbocycles. The lowest BCUT2D eigenvalue weighted by Gasteiger charge is -2.39. The van der Waals surface area contributed by atoms with Crippen LogP contribution in [0.15, 0.2) is 54.6 Å². The standard InChI is InChI=1S/C27H27FN4O2.C4H4O4/c28-25-15-20(6-5-17(25)16-29)30-7-9-31(10-8-30)21-11-18-13-22(14-19(18)12-21)32-26(33)23-3-1-2-4-24(23)27(32)34;5-3(6)1-2-4(7)8/h1-6,15,18-19,21-22H,7-14H2;1-2H,(H,5,6)(H,7,8)/b;2-1+. The Balaban J connectivity index is 0.000000390. The van der Waals surface area contributed by atoms with Gasteiger partial charge in [-0.2, -0.15) is 5.26 Å². The molecule has 10 nitrogen and oxygen atoms in total. The van der Waals surface area contributed by atoms with Crippen LogP contribution in [0.1, 0.15) is 52.0 Å². The Morgan fingerprint density at radius 2 is 1.36 bits per heavy atom. The number of fused-ring (bicyclic) bond motifs is 2. The smallest absolute Gasteiger partial charge is 0.328 e. The second kappa shape index (κ2) is 12.1. The Bertz CT molecular complexity index is 1410. The van der Waals surface area contributed by atoms with Gasteiger partial charge in [0, 0.05) is 56.1 Å². The van der Waals surface area contributed by atoms with Crippen molar-refractivity contribution in [3.05, 3.63) is 77.1 Å². The van der Waals surface area contributed by atoms with Crippen molar-refractivity contribution in [2.45, 2.75) is 37.8 Å². The molecule has 2 aromatic carbocycles. The van der Waals surface area contributed by atoms with E-state index in [0.717, 1.165) is 57.5 Å². The molecule has 2 atom stereocenters. The Morgan fingerprint density at radius 1 is 0.833 bits per heavy atom. The highest BCUT2D eigenvalue weighted by molar-refractivity contribution is 6.21. The second-order valence-electron chi connectivity index (χ2n) is 11.1. The molecule has 0 aromatic heterocycles. The molecule has 2 amide bonds. The fourth-order valence-corrected chi connectivity index (χ4v) is 6.88. The molecule has 0 spiro atoms. The SMILES string of the molecule is N#Cc1ccc(N2CCN(C3CC4CC(N5C(=O)c6ccccc6C5=O)CC4C3)CC2)cc1F.O=C(O)/C=C/C(=O)O. The Kier molecular flexibility index (Phi) is 8.36. The van der Waals surface area contributed by atoms with Gasteiger partial charge in [0.2, 0.25) is 0 Å². The zero-order chi connectivity index (χ0) is 30.0. The summed E-state index contributed by atoms with van der Waals surface area (Å²) in [6.45, 7) is 3.56. The summed E-state index contributed by atoms with van der Waals surface area (Å²) in [6.07, 6.45) is 5.19. The van der Waals surface area contributed by atoms with Crippen molar-refractivity contribution in [2.24, 2.45) is 11.8 Å². The highest BCUT2D eigenvalue weighted by atomic mass is 19.1. The molecule has 2 aliphatic carbocycles. The van der Waals surface area contributed by atoms with Crippen molar-refractivity contribution >= 4 is 29.4 Å². The zero-order valence-electron chi connectivity index (χ0n) is 22.9. The van der Waals surface area contributed by atoms with Crippen molar-refractivity contribution in [2.75, 3.05) is 31.1 Å². The van der Waals surface area contributed by atoms with Gasteiger partial charge >= 0.3 is 11.9 Å². The lowest BCUT2D eigenvalue weighted by molar-refractivity contribution is -0.134. The van der Waals surface area contributed by atoms with Crippen LogP contribution in [0.25, 0.3) is 0 Å². The van der Waals surface area contributed by atoms with E-state index >= 15 is 0 Å². The number of carboxylic acid groups (broad SMARTS) is 2. The Hall–Kier alpha value is -4.56. The Morgan fingerprint density at radius 3 is 1.83 bits per heavy atom. The average Bonchev–Trinajstić information content (AvgIpc) is 3.63. The van der Waals surface area contributed by atoms with Gasteiger partial charge in [0.15, 0.2) is 0 Å². The summed E-state index contributed by atoms with van der Waals surface area (Å²) in [5.74, 6) is -2.11. The van der Waals surface area contributed by atoms with Crippen molar-refractivity contribution in [3.8, 4) is 6.07 Å². The number of amides is 2. The van der Waals surface area contributed by atoms with Gasteiger partial charge in [-0.3, -0.25) is 19.4 Å². The van der Waals surface area contributed by atoms with Gasteiger partial charge in [0.05, 0.1) is 16.7 Å². The molecule has 3 fully saturated rings. The molecule has 0 bridgehead atoms. The van der Waals surface area contributed by atoms with Crippen LogP contribution in [0.4, 0.5) is 10.1 Å². The maximum atomic E-state index is 14.0. The van der Waals surface area contributed by atoms with E-state index in [2.05, 4.69) is 9.80 Å². The first-order valence-electron chi connectivity index (χ1n) is 14.0. The van der Waals surface area contributed by atoms with Crippen LogP contribution < -0.4 is 4.90 Å². The van der Waals surface area contributed by atoms with Crippen LogP contribution in [-0.2, 0) is 9.59 Å². The lowest BCUT2D eigenvalue weighted by atomic mass is 10.0. The van der Waals surface area contributed by atoms with Crippen LogP contribution in [0, 0.1) is 29.0 Å². The molecule has 42 heavy (non-hydrogen) atoms. The van der Waals surface area contributed by atoms with E-state index in [1.165, 1.54) is 11.0 Å². The van der Waals surface area contributed by atoms with Gasteiger partial charge in [0.25, 0.3) is 11.8 Å². The highest BCUT2D eigenvalue weighted by Crippen LogP contribution is 2.48.